The number of carbonyl (C=O) groups excluding carboxylic acids is 2. The van der Waals surface area contributed by atoms with Gasteiger partial charge in [-0.2, -0.15) is 0 Å². The molecule has 1 aromatic rings. The highest BCUT2D eigenvalue weighted by atomic mass is 16.5. The second-order valence-electron chi connectivity index (χ2n) is 4.11. The molecule has 0 aliphatic carbocycles. The molecule has 0 bridgehead atoms. The number of hydrogen-bond donors (Lipinski definition) is 1. The van der Waals surface area contributed by atoms with Gasteiger partial charge < -0.3 is 24.7 Å². The number of nitrogen functional groups attached to an aromatic ring is 1. The molecule has 0 heterocycles. The van der Waals surface area contributed by atoms with Crippen LogP contribution in [0, 0.1) is 0 Å². The number of rotatable bonds is 7. The SMILES string of the molecule is COC(=O)CCCOC(=O)c1cc(OC)c(OC)cc1N. The van der Waals surface area contributed by atoms with E-state index in [0.29, 0.717) is 17.9 Å². The Hall–Kier alpha value is -2.44. The smallest absolute Gasteiger partial charge is 0.340 e. The van der Waals surface area contributed by atoms with E-state index in [0.717, 1.165) is 0 Å². The van der Waals surface area contributed by atoms with Gasteiger partial charge in [0.05, 0.1) is 39.2 Å². The molecular formula is C14H19NO6. The number of benzene rings is 1. The molecule has 0 spiro atoms. The van der Waals surface area contributed by atoms with Crippen LogP contribution in [0.3, 0.4) is 0 Å². The fourth-order valence-corrected chi connectivity index (χ4v) is 1.63. The van der Waals surface area contributed by atoms with Gasteiger partial charge in [-0.3, -0.25) is 4.79 Å². The van der Waals surface area contributed by atoms with E-state index in [4.69, 9.17) is 19.9 Å². The van der Waals surface area contributed by atoms with Crippen LogP contribution in [0.1, 0.15) is 23.2 Å². The predicted molar refractivity (Wildman–Crippen MR) is 75.5 cm³/mol. The van der Waals surface area contributed by atoms with Gasteiger partial charge in [0.1, 0.15) is 0 Å². The Bertz CT molecular complexity index is 514. The molecule has 116 valence electrons. The fraction of sp³-hybridized carbons (Fsp3) is 0.429. The molecule has 0 saturated carbocycles. The molecule has 1 aromatic carbocycles. The summed E-state index contributed by atoms with van der Waals surface area (Å²) in [6.45, 7) is 0.0989. The summed E-state index contributed by atoms with van der Waals surface area (Å²) in [7, 11) is 4.24. The van der Waals surface area contributed by atoms with Crippen molar-refractivity contribution in [2.75, 3.05) is 33.7 Å². The Morgan fingerprint density at radius 2 is 1.71 bits per heavy atom. The quantitative estimate of drug-likeness (QED) is 0.461. The Kier molecular flexibility index (Phi) is 6.32. The lowest BCUT2D eigenvalue weighted by Crippen LogP contribution is -2.11. The number of hydrogen-bond acceptors (Lipinski definition) is 7. The lowest BCUT2D eigenvalue weighted by molar-refractivity contribution is -0.140. The Morgan fingerprint density at radius 1 is 1.10 bits per heavy atom. The third-order valence-electron chi connectivity index (χ3n) is 2.76. The van der Waals surface area contributed by atoms with Crippen LogP contribution in [0.2, 0.25) is 0 Å². The summed E-state index contributed by atoms with van der Waals surface area (Å²) in [5.41, 5.74) is 6.20. The summed E-state index contributed by atoms with van der Waals surface area (Å²) in [5.74, 6) is -0.125. The zero-order chi connectivity index (χ0) is 15.8. The van der Waals surface area contributed by atoms with Crippen molar-refractivity contribution in [1.82, 2.24) is 0 Å². The number of esters is 2. The Balaban J connectivity index is 2.67. The van der Waals surface area contributed by atoms with Crippen molar-refractivity contribution in [3.05, 3.63) is 17.7 Å². The highest BCUT2D eigenvalue weighted by Crippen LogP contribution is 2.32. The van der Waals surface area contributed by atoms with E-state index in [1.54, 1.807) is 0 Å². The van der Waals surface area contributed by atoms with Gasteiger partial charge in [-0.1, -0.05) is 0 Å². The first-order valence-corrected chi connectivity index (χ1v) is 6.29. The first kappa shape index (κ1) is 16.6. The van der Waals surface area contributed by atoms with Gasteiger partial charge in [0.15, 0.2) is 11.5 Å². The monoisotopic (exact) mass is 297 g/mol. The first-order valence-electron chi connectivity index (χ1n) is 6.29. The van der Waals surface area contributed by atoms with Gasteiger partial charge in [-0.05, 0) is 6.42 Å². The van der Waals surface area contributed by atoms with E-state index in [9.17, 15) is 9.59 Å². The zero-order valence-corrected chi connectivity index (χ0v) is 12.3. The number of nitrogens with two attached hydrogens (primary N) is 1. The van der Waals surface area contributed by atoms with E-state index in [1.807, 2.05) is 0 Å². The lowest BCUT2D eigenvalue weighted by Gasteiger charge is -2.12. The van der Waals surface area contributed by atoms with Gasteiger partial charge in [0.2, 0.25) is 0 Å². The standard InChI is InChI=1S/C14H19NO6/c1-18-11-7-9(10(15)8-12(11)19-2)14(17)21-6-4-5-13(16)20-3/h7-8H,4-6,15H2,1-3H3. The largest absolute Gasteiger partial charge is 0.493 e. The van der Waals surface area contributed by atoms with E-state index in [2.05, 4.69) is 4.74 Å². The maximum atomic E-state index is 11.9. The van der Waals surface area contributed by atoms with Crippen molar-refractivity contribution < 1.29 is 28.5 Å². The third-order valence-corrected chi connectivity index (χ3v) is 2.76. The fourth-order valence-electron chi connectivity index (χ4n) is 1.63. The topological polar surface area (TPSA) is 97.1 Å². The molecule has 0 unspecified atom stereocenters. The van der Waals surface area contributed by atoms with Crippen LogP contribution in [0.15, 0.2) is 12.1 Å². The predicted octanol–water partition coefficient (Wildman–Crippen LogP) is 1.40. The number of anilines is 1. The zero-order valence-electron chi connectivity index (χ0n) is 12.3. The van der Waals surface area contributed by atoms with Crippen LogP contribution >= 0.6 is 0 Å². The molecule has 2 N–H and O–H groups in total. The molecule has 1 rings (SSSR count). The summed E-state index contributed by atoms with van der Waals surface area (Å²) < 4.78 is 19.7. The Labute approximate surface area is 122 Å². The minimum Gasteiger partial charge on any atom is -0.493 e. The molecule has 0 radical (unpaired) electrons. The maximum Gasteiger partial charge on any atom is 0.340 e. The van der Waals surface area contributed by atoms with Crippen LogP contribution in [0.5, 0.6) is 11.5 Å². The van der Waals surface area contributed by atoms with Crippen molar-refractivity contribution in [3.8, 4) is 11.5 Å². The summed E-state index contributed by atoms with van der Waals surface area (Å²) in [5, 5.41) is 0. The van der Waals surface area contributed by atoms with Crippen molar-refractivity contribution in [2.45, 2.75) is 12.8 Å². The average Bonchev–Trinajstić information content (AvgIpc) is 2.50. The number of methoxy groups -OCH3 is 3. The van der Waals surface area contributed by atoms with Crippen molar-refractivity contribution in [3.63, 3.8) is 0 Å². The molecule has 0 aliphatic heterocycles. The minimum absolute atomic E-state index is 0.0989. The van der Waals surface area contributed by atoms with E-state index in [-0.39, 0.29) is 30.2 Å². The third kappa shape index (κ3) is 4.55. The summed E-state index contributed by atoms with van der Waals surface area (Å²) >= 11 is 0. The number of ether oxygens (including phenoxy) is 4. The van der Waals surface area contributed by atoms with E-state index < -0.39 is 5.97 Å². The molecule has 0 amide bonds. The van der Waals surface area contributed by atoms with Crippen LogP contribution < -0.4 is 15.2 Å². The molecule has 0 aliphatic rings. The van der Waals surface area contributed by atoms with Crippen molar-refractivity contribution >= 4 is 17.6 Å². The molecule has 0 fully saturated rings. The second kappa shape index (κ2) is 7.98. The van der Waals surface area contributed by atoms with Gasteiger partial charge >= 0.3 is 11.9 Å². The number of carbonyl (C=O) groups is 2. The summed E-state index contributed by atoms with van der Waals surface area (Å²) in [6, 6.07) is 2.95. The normalized spacial score (nSPS) is 9.86. The molecule has 0 aromatic heterocycles. The lowest BCUT2D eigenvalue weighted by atomic mass is 10.1. The van der Waals surface area contributed by atoms with E-state index >= 15 is 0 Å². The minimum atomic E-state index is -0.585. The summed E-state index contributed by atoms with van der Waals surface area (Å²) in [6.07, 6.45) is 0.566. The van der Waals surface area contributed by atoms with Crippen LogP contribution in [-0.2, 0) is 14.3 Å². The molecular weight excluding hydrogens is 278 g/mol. The molecule has 0 saturated heterocycles. The first-order chi connectivity index (χ1) is 10.0. The molecule has 7 nitrogen and oxygen atoms in total. The van der Waals surface area contributed by atoms with Crippen LogP contribution in [-0.4, -0.2) is 39.9 Å². The highest BCUT2D eigenvalue weighted by molar-refractivity contribution is 5.96. The van der Waals surface area contributed by atoms with E-state index in [1.165, 1.54) is 33.5 Å². The average molecular weight is 297 g/mol. The Morgan fingerprint density at radius 3 is 2.29 bits per heavy atom. The summed E-state index contributed by atoms with van der Waals surface area (Å²) in [4.78, 5) is 22.9. The molecule has 0 atom stereocenters. The highest BCUT2D eigenvalue weighted by Gasteiger charge is 2.16. The van der Waals surface area contributed by atoms with Gasteiger partial charge in [0.25, 0.3) is 0 Å². The second-order valence-corrected chi connectivity index (χ2v) is 4.11. The maximum absolute atomic E-state index is 11.9. The molecule has 21 heavy (non-hydrogen) atoms. The van der Waals surface area contributed by atoms with Crippen LogP contribution in [0.25, 0.3) is 0 Å². The van der Waals surface area contributed by atoms with Gasteiger partial charge in [-0.25, -0.2) is 4.79 Å². The van der Waals surface area contributed by atoms with Gasteiger partial charge in [-0.15, -0.1) is 0 Å². The van der Waals surface area contributed by atoms with Gasteiger partial charge in [0, 0.05) is 18.6 Å². The molecule has 7 heteroatoms. The van der Waals surface area contributed by atoms with Crippen LogP contribution in [0.4, 0.5) is 5.69 Å². The van der Waals surface area contributed by atoms with Crippen molar-refractivity contribution in [2.24, 2.45) is 0 Å². The van der Waals surface area contributed by atoms with Crippen molar-refractivity contribution in [1.29, 1.82) is 0 Å².